The normalized spacial score (nSPS) is 25.6. The van der Waals surface area contributed by atoms with E-state index >= 15 is 0 Å². The minimum Gasteiger partial charge on any atom is -0.481 e. The molecule has 1 aliphatic rings. The van der Waals surface area contributed by atoms with Crippen molar-refractivity contribution in [3.05, 3.63) is 24.3 Å². The Morgan fingerprint density at radius 3 is 2.55 bits per heavy atom. The summed E-state index contributed by atoms with van der Waals surface area (Å²) in [5.74, 6) is -0.505. The van der Waals surface area contributed by atoms with Crippen LogP contribution < -0.4 is 0 Å². The number of carboxylic acids is 1. The van der Waals surface area contributed by atoms with Crippen LogP contribution in [0.25, 0.3) is 0 Å². The van der Waals surface area contributed by atoms with Crippen LogP contribution in [0.5, 0.6) is 0 Å². The van der Waals surface area contributed by atoms with Crippen molar-refractivity contribution < 1.29 is 24.9 Å². The van der Waals surface area contributed by atoms with E-state index in [2.05, 4.69) is 25.2 Å². The maximum Gasteiger partial charge on any atom is 0.309 e. The number of allylic oxidation sites excluding steroid dienone is 2. The highest BCUT2D eigenvalue weighted by Crippen LogP contribution is 2.38. The number of aliphatic hydroxyl groups is 2. The Bertz CT molecular complexity index is 554. The maximum absolute atomic E-state index is 11.1. The van der Waals surface area contributed by atoms with Gasteiger partial charge in [-0.15, -0.1) is 0 Å². The second-order valence-electron chi connectivity index (χ2n) is 9.76. The van der Waals surface area contributed by atoms with Gasteiger partial charge < -0.3 is 20.1 Å². The number of unbranched alkanes of at least 4 members (excludes halogenated alkanes) is 5. The number of aliphatic hydroxyl groups excluding tert-OH is 2. The summed E-state index contributed by atoms with van der Waals surface area (Å²) in [4.78, 5) is 11.1. The summed E-state index contributed by atoms with van der Waals surface area (Å²) in [6, 6.07) is 0. The molecule has 0 aliphatic heterocycles. The van der Waals surface area contributed by atoms with Gasteiger partial charge in [0.1, 0.15) is 0 Å². The number of ether oxygens (including phenoxy) is 1. The van der Waals surface area contributed by atoms with Gasteiger partial charge in [0.2, 0.25) is 0 Å². The Kier molecular flexibility index (Phi) is 13.3. The van der Waals surface area contributed by atoms with E-state index in [0.29, 0.717) is 12.8 Å². The summed E-state index contributed by atoms with van der Waals surface area (Å²) in [5, 5.41) is 29.9. The van der Waals surface area contributed by atoms with Gasteiger partial charge in [-0.1, -0.05) is 63.3 Å². The molecule has 1 rings (SSSR count). The van der Waals surface area contributed by atoms with E-state index in [1.54, 1.807) is 21.0 Å². The monoisotopic (exact) mass is 438 g/mol. The number of carbonyl (C=O) groups is 1. The molecule has 0 aromatic heterocycles. The first kappa shape index (κ1) is 27.9. The summed E-state index contributed by atoms with van der Waals surface area (Å²) < 4.78 is 5.61. The van der Waals surface area contributed by atoms with Crippen LogP contribution in [0.15, 0.2) is 24.3 Å². The first-order valence-corrected chi connectivity index (χ1v) is 12.2. The van der Waals surface area contributed by atoms with Crippen LogP contribution in [0.2, 0.25) is 0 Å². The van der Waals surface area contributed by atoms with Gasteiger partial charge in [0.25, 0.3) is 0 Å². The lowest BCUT2D eigenvalue weighted by atomic mass is 9.87. The average molecular weight is 439 g/mol. The Balaban J connectivity index is 2.43. The highest BCUT2D eigenvalue weighted by Gasteiger charge is 2.40. The molecule has 0 aromatic carbocycles. The lowest BCUT2D eigenvalue weighted by molar-refractivity contribution is -0.147. The van der Waals surface area contributed by atoms with E-state index in [0.717, 1.165) is 57.8 Å². The molecular formula is C26H46O5. The Hall–Kier alpha value is -1.17. The zero-order valence-corrected chi connectivity index (χ0v) is 20.1. The molecule has 1 fully saturated rings. The summed E-state index contributed by atoms with van der Waals surface area (Å²) >= 11 is 0. The third kappa shape index (κ3) is 10.3. The molecule has 180 valence electrons. The molecule has 5 atom stereocenters. The maximum atomic E-state index is 11.1. The molecule has 1 saturated carbocycles. The molecule has 3 N–H and O–H groups in total. The van der Waals surface area contributed by atoms with E-state index in [1.165, 1.54) is 0 Å². The number of carboxylic acid groups (broad SMARTS) is 1. The first-order valence-electron chi connectivity index (χ1n) is 12.2. The molecule has 0 radical (unpaired) electrons. The van der Waals surface area contributed by atoms with Crippen LogP contribution in [0.4, 0.5) is 0 Å². The largest absolute Gasteiger partial charge is 0.481 e. The lowest BCUT2D eigenvalue weighted by Gasteiger charge is -2.21. The van der Waals surface area contributed by atoms with Crippen molar-refractivity contribution in [1.82, 2.24) is 0 Å². The van der Waals surface area contributed by atoms with Crippen molar-refractivity contribution in [2.24, 2.45) is 17.3 Å². The van der Waals surface area contributed by atoms with Gasteiger partial charge in [-0.05, 0) is 51.9 Å². The van der Waals surface area contributed by atoms with Gasteiger partial charge in [0.05, 0.1) is 23.7 Å². The first-order chi connectivity index (χ1) is 14.7. The van der Waals surface area contributed by atoms with E-state index in [4.69, 9.17) is 9.84 Å². The molecule has 1 aliphatic carbocycles. The standard InChI is InChI=1S/C26H46O5/c1-5-6-11-14-20(27)16-17-22-21(23(28)19-24(22)31-4)15-12-9-7-8-10-13-18-26(2,3)25(29)30/h9,12,16-17,20-24,27-28H,5-8,10-11,13-15,18-19H2,1-4H3,(H,29,30). The van der Waals surface area contributed by atoms with E-state index in [1.807, 2.05) is 6.08 Å². The van der Waals surface area contributed by atoms with Crippen LogP contribution >= 0.6 is 0 Å². The number of aliphatic carboxylic acids is 1. The van der Waals surface area contributed by atoms with Gasteiger partial charge >= 0.3 is 5.97 Å². The smallest absolute Gasteiger partial charge is 0.309 e. The van der Waals surface area contributed by atoms with Crippen molar-refractivity contribution >= 4 is 5.97 Å². The third-order valence-corrected chi connectivity index (χ3v) is 6.68. The van der Waals surface area contributed by atoms with Gasteiger partial charge in [-0.25, -0.2) is 0 Å². The lowest BCUT2D eigenvalue weighted by Crippen LogP contribution is -2.23. The van der Waals surface area contributed by atoms with Crippen molar-refractivity contribution in [2.45, 2.75) is 110 Å². The van der Waals surface area contributed by atoms with Crippen LogP contribution in [-0.4, -0.2) is 46.7 Å². The minimum atomic E-state index is -0.728. The third-order valence-electron chi connectivity index (χ3n) is 6.68. The SMILES string of the molecule is CCCCCC(O)C=CC1C(OC)CC(O)C1CC=CCCCCCC(C)(C)C(=O)O. The van der Waals surface area contributed by atoms with Crippen molar-refractivity contribution in [3.63, 3.8) is 0 Å². The Labute approximate surface area is 189 Å². The summed E-state index contributed by atoms with van der Waals surface area (Å²) in [6.07, 6.45) is 17.7. The number of hydrogen-bond donors (Lipinski definition) is 3. The molecule has 0 spiro atoms. The minimum absolute atomic E-state index is 0.00918. The second kappa shape index (κ2) is 14.8. The number of rotatable bonds is 16. The highest BCUT2D eigenvalue weighted by atomic mass is 16.5. The van der Waals surface area contributed by atoms with Gasteiger partial charge in [-0.2, -0.15) is 0 Å². The molecule has 0 saturated heterocycles. The molecule has 0 amide bonds. The summed E-state index contributed by atoms with van der Waals surface area (Å²) in [5.41, 5.74) is -0.640. The van der Waals surface area contributed by atoms with Gasteiger partial charge in [-0.3, -0.25) is 4.79 Å². The quantitative estimate of drug-likeness (QED) is 0.219. The molecule has 31 heavy (non-hydrogen) atoms. The van der Waals surface area contributed by atoms with Gasteiger partial charge in [0.15, 0.2) is 0 Å². The van der Waals surface area contributed by atoms with Crippen LogP contribution in [-0.2, 0) is 9.53 Å². The van der Waals surface area contributed by atoms with E-state index in [9.17, 15) is 15.0 Å². The number of methoxy groups -OCH3 is 1. The predicted octanol–water partition coefficient (Wildman–Crippen LogP) is 5.50. The molecule has 5 unspecified atom stereocenters. The Morgan fingerprint density at radius 2 is 1.90 bits per heavy atom. The van der Waals surface area contributed by atoms with E-state index < -0.39 is 17.5 Å². The number of hydrogen-bond acceptors (Lipinski definition) is 4. The molecular weight excluding hydrogens is 392 g/mol. The van der Waals surface area contributed by atoms with Crippen molar-refractivity contribution in [3.8, 4) is 0 Å². The molecule has 5 heteroatoms. The van der Waals surface area contributed by atoms with Crippen LogP contribution in [0.3, 0.4) is 0 Å². The van der Waals surface area contributed by atoms with Crippen molar-refractivity contribution in [2.75, 3.05) is 7.11 Å². The fourth-order valence-corrected chi connectivity index (χ4v) is 4.38. The fraction of sp³-hybridized carbons (Fsp3) is 0.808. The average Bonchev–Trinajstić information content (AvgIpc) is 3.03. The topological polar surface area (TPSA) is 87.0 Å². The fourth-order valence-electron chi connectivity index (χ4n) is 4.38. The second-order valence-corrected chi connectivity index (χ2v) is 9.76. The van der Waals surface area contributed by atoms with Crippen molar-refractivity contribution in [1.29, 1.82) is 0 Å². The molecule has 0 aromatic rings. The zero-order chi connectivity index (χ0) is 23.3. The van der Waals surface area contributed by atoms with Gasteiger partial charge in [0, 0.05) is 19.4 Å². The molecule has 5 nitrogen and oxygen atoms in total. The van der Waals surface area contributed by atoms with E-state index in [-0.39, 0.29) is 24.0 Å². The molecule has 0 heterocycles. The summed E-state index contributed by atoms with van der Waals surface area (Å²) in [6.45, 7) is 5.72. The van der Waals surface area contributed by atoms with Crippen LogP contribution in [0.1, 0.15) is 91.4 Å². The zero-order valence-electron chi connectivity index (χ0n) is 20.1. The Morgan fingerprint density at radius 1 is 1.16 bits per heavy atom. The van der Waals surface area contributed by atoms with Crippen LogP contribution in [0, 0.1) is 17.3 Å². The predicted molar refractivity (Wildman–Crippen MR) is 126 cm³/mol. The summed E-state index contributed by atoms with van der Waals surface area (Å²) in [7, 11) is 1.69. The molecule has 0 bridgehead atoms. The highest BCUT2D eigenvalue weighted by molar-refractivity contribution is 5.73.